The minimum absolute atomic E-state index is 0.132. The Bertz CT molecular complexity index is 494. The molecule has 0 atom stereocenters. The summed E-state index contributed by atoms with van der Waals surface area (Å²) in [5.74, 6) is 0. The van der Waals surface area contributed by atoms with Gasteiger partial charge >= 0.3 is 0 Å². The summed E-state index contributed by atoms with van der Waals surface area (Å²) in [5, 5.41) is 0. The van der Waals surface area contributed by atoms with Crippen LogP contribution in [0.3, 0.4) is 0 Å². The van der Waals surface area contributed by atoms with E-state index in [-0.39, 0.29) is 3.70 Å². The maximum atomic E-state index is 12.6. The van der Waals surface area contributed by atoms with Crippen molar-refractivity contribution in [1.29, 1.82) is 0 Å². The predicted octanol–water partition coefficient (Wildman–Crippen LogP) is 2.13. The van der Waals surface area contributed by atoms with Crippen molar-refractivity contribution in [2.75, 3.05) is 5.73 Å². The van der Waals surface area contributed by atoms with Gasteiger partial charge in [-0.1, -0.05) is 0 Å². The van der Waals surface area contributed by atoms with Crippen LogP contribution in [0, 0.1) is 3.70 Å². The third-order valence-electron chi connectivity index (χ3n) is 1.52. The first-order valence-corrected chi connectivity index (χ1v) is 6.80. The summed E-state index contributed by atoms with van der Waals surface area (Å²) in [6, 6.07) is 0. The second kappa shape index (κ2) is 4.34. The highest BCUT2D eigenvalue weighted by atomic mass is 127. The number of hydrogen-bond acceptors (Lipinski definition) is 4. The molecule has 0 aliphatic heterocycles. The van der Waals surface area contributed by atoms with Crippen molar-refractivity contribution in [3.63, 3.8) is 0 Å². The molecule has 4 nitrogen and oxygen atoms in total. The number of nitrogens with two attached hydrogens (primary N) is 1. The Balaban J connectivity index is 3.68. The Morgan fingerprint density at radius 2 is 2.07 bits per heavy atom. The van der Waals surface area contributed by atoms with Gasteiger partial charge in [-0.05, 0) is 22.6 Å². The average Bonchev–Trinajstić information content (AvgIpc) is 2.05. The maximum Gasteiger partial charge on any atom is 0.267 e. The average molecular weight is 369 g/mol. The molecule has 0 saturated carbocycles. The molecule has 0 spiro atoms. The maximum absolute atomic E-state index is 12.6. The van der Waals surface area contributed by atoms with Gasteiger partial charge in [0.25, 0.3) is 15.5 Å². The van der Waals surface area contributed by atoms with Crippen LogP contribution in [0.5, 0.6) is 0 Å². The van der Waals surface area contributed by atoms with Gasteiger partial charge in [0, 0.05) is 10.7 Å². The first-order valence-electron chi connectivity index (χ1n) is 3.42. The van der Waals surface area contributed by atoms with E-state index in [1.807, 2.05) is 0 Å². The Morgan fingerprint density at radius 1 is 1.53 bits per heavy atom. The summed E-state index contributed by atoms with van der Waals surface area (Å²) in [6.07, 6.45) is -2.06. The molecule has 0 bridgehead atoms. The Morgan fingerprint density at radius 3 is 2.40 bits per heavy atom. The van der Waals surface area contributed by atoms with Crippen LogP contribution in [0.4, 0.5) is 14.5 Å². The number of halogens is 4. The minimum Gasteiger partial charge on any atom is -0.397 e. The zero-order chi connectivity index (χ0) is 11.8. The molecular weight excluding hydrogens is 364 g/mol. The van der Waals surface area contributed by atoms with Crippen LogP contribution < -0.4 is 5.73 Å². The third kappa shape index (κ3) is 2.67. The topological polar surface area (TPSA) is 73.0 Å². The zero-order valence-corrected chi connectivity index (χ0v) is 10.6. The Hall–Kier alpha value is -0.220. The number of pyridine rings is 1. The van der Waals surface area contributed by atoms with Crippen LogP contribution in [0.15, 0.2) is 11.1 Å². The largest absolute Gasteiger partial charge is 0.397 e. The Labute approximate surface area is 102 Å². The quantitative estimate of drug-likeness (QED) is 0.493. The van der Waals surface area contributed by atoms with Gasteiger partial charge in [0.1, 0.15) is 8.60 Å². The standard InChI is InChI=1S/C6H4ClF2IN2O2S/c7-15(13,14)4-3(5(8)9)2(11)1-12-6(4)10/h1,5H,11H2. The number of rotatable bonds is 2. The predicted molar refractivity (Wildman–Crippen MR) is 59.4 cm³/mol. The molecule has 1 heterocycles. The molecule has 2 N–H and O–H groups in total. The molecule has 1 rings (SSSR count). The fourth-order valence-electron chi connectivity index (χ4n) is 0.954. The minimum atomic E-state index is -4.29. The van der Waals surface area contributed by atoms with E-state index in [4.69, 9.17) is 16.4 Å². The van der Waals surface area contributed by atoms with E-state index in [2.05, 4.69) is 4.98 Å². The van der Waals surface area contributed by atoms with Gasteiger partial charge in [0.05, 0.1) is 17.4 Å². The van der Waals surface area contributed by atoms with Crippen molar-refractivity contribution >= 4 is 48.0 Å². The number of nitrogens with zero attached hydrogens (tertiary/aromatic N) is 1. The van der Waals surface area contributed by atoms with Crippen LogP contribution in [0.2, 0.25) is 0 Å². The van der Waals surface area contributed by atoms with Gasteiger partial charge in [-0.15, -0.1) is 0 Å². The summed E-state index contributed by atoms with van der Waals surface area (Å²) in [7, 11) is 0.734. The van der Waals surface area contributed by atoms with Crippen molar-refractivity contribution in [1.82, 2.24) is 4.98 Å². The lowest BCUT2D eigenvalue weighted by molar-refractivity contribution is 0.148. The zero-order valence-electron chi connectivity index (χ0n) is 6.92. The highest BCUT2D eigenvalue weighted by Gasteiger charge is 2.27. The third-order valence-corrected chi connectivity index (χ3v) is 4.07. The van der Waals surface area contributed by atoms with E-state index < -0.39 is 31.6 Å². The number of nitrogen functional groups attached to an aromatic ring is 1. The lowest BCUT2D eigenvalue weighted by Crippen LogP contribution is -2.07. The van der Waals surface area contributed by atoms with Gasteiger partial charge < -0.3 is 5.73 Å². The van der Waals surface area contributed by atoms with Crippen molar-refractivity contribution in [3.05, 3.63) is 15.5 Å². The van der Waals surface area contributed by atoms with E-state index in [0.717, 1.165) is 6.20 Å². The molecule has 0 aliphatic carbocycles. The summed E-state index contributed by atoms with van der Waals surface area (Å²) >= 11 is 1.50. The van der Waals surface area contributed by atoms with Crippen molar-refractivity contribution < 1.29 is 17.2 Å². The first kappa shape index (κ1) is 12.8. The second-order valence-electron chi connectivity index (χ2n) is 2.49. The summed E-state index contributed by atoms with van der Waals surface area (Å²) < 4.78 is 47.1. The van der Waals surface area contributed by atoms with Gasteiger partial charge in [-0.25, -0.2) is 22.2 Å². The van der Waals surface area contributed by atoms with Crippen LogP contribution >= 0.6 is 33.3 Å². The molecule has 9 heteroatoms. The summed E-state index contributed by atoms with van der Waals surface area (Å²) in [6.45, 7) is 0. The lowest BCUT2D eigenvalue weighted by atomic mass is 10.2. The molecular formula is C6H4ClF2IN2O2S. The van der Waals surface area contributed by atoms with E-state index in [9.17, 15) is 17.2 Å². The summed E-state index contributed by atoms with van der Waals surface area (Å²) in [5.41, 5.74) is 4.02. The van der Waals surface area contributed by atoms with Crippen molar-refractivity contribution in [3.8, 4) is 0 Å². The molecule has 0 radical (unpaired) electrons. The molecule has 0 amide bonds. The molecule has 15 heavy (non-hydrogen) atoms. The van der Waals surface area contributed by atoms with E-state index in [1.54, 1.807) is 0 Å². The SMILES string of the molecule is Nc1cnc(I)c(S(=O)(=O)Cl)c1C(F)F. The number of hydrogen-bond donors (Lipinski definition) is 1. The van der Waals surface area contributed by atoms with Crippen molar-refractivity contribution in [2.24, 2.45) is 0 Å². The van der Waals surface area contributed by atoms with Crippen LogP contribution in [0.25, 0.3) is 0 Å². The number of alkyl halides is 2. The second-order valence-corrected chi connectivity index (χ2v) is 6.01. The normalized spacial score (nSPS) is 12.1. The van der Waals surface area contributed by atoms with Gasteiger partial charge in [0.15, 0.2) is 0 Å². The van der Waals surface area contributed by atoms with E-state index in [0.29, 0.717) is 0 Å². The Kier molecular flexibility index (Phi) is 3.71. The molecule has 0 saturated heterocycles. The highest BCUT2D eigenvalue weighted by Crippen LogP contribution is 2.35. The molecule has 1 aromatic heterocycles. The van der Waals surface area contributed by atoms with Crippen LogP contribution in [-0.2, 0) is 9.05 Å². The van der Waals surface area contributed by atoms with Gasteiger partial charge in [-0.3, -0.25) is 0 Å². The lowest BCUT2D eigenvalue weighted by Gasteiger charge is -2.09. The van der Waals surface area contributed by atoms with E-state index >= 15 is 0 Å². The number of aromatic nitrogens is 1. The van der Waals surface area contributed by atoms with Crippen LogP contribution in [-0.4, -0.2) is 13.4 Å². The fraction of sp³-hybridized carbons (Fsp3) is 0.167. The molecule has 0 aromatic carbocycles. The smallest absolute Gasteiger partial charge is 0.267 e. The van der Waals surface area contributed by atoms with Gasteiger partial charge in [-0.2, -0.15) is 0 Å². The van der Waals surface area contributed by atoms with E-state index in [1.165, 1.54) is 22.6 Å². The molecule has 0 fully saturated rings. The van der Waals surface area contributed by atoms with Gasteiger partial charge in [0.2, 0.25) is 0 Å². The molecule has 84 valence electrons. The first-order chi connectivity index (χ1) is 6.75. The monoisotopic (exact) mass is 368 g/mol. The molecule has 0 unspecified atom stereocenters. The summed E-state index contributed by atoms with van der Waals surface area (Å²) in [4.78, 5) is 2.83. The highest BCUT2D eigenvalue weighted by molar-refractivity contribution is 14.1. The molecule has 0 aliphatic rings. The number of anilines is 1. The molecule has 1 aromatic rings. The van der Waals surface area contributed by atoms with Crippen LogP contribution in [0.1, 0.15) is 12.0 Å². The fourth-order valence-corrected chi connectivity index (χ4v) is 3.84. The van der Waals surface area contributed by atoms with Crippen molar-refractivity contribution in [2.45, 2.75) is 11.3 Å².